The van der Waals surface area contributed by atoms with E-state index in [0.29, 0.717) is 6.54 Å². The van der Waals surface area contributed by atoms with Gasteiger partial charge in [-0.25, -0.2) is 4.99 Å². The van der Waals surface area contributed by atoms with Crippen LogP contribution in [0, 0.1) is 0 Å². The van der Waals surface area contributed by atoms with Crippen molar-refractivity contribution in [3.8, 4) is 0 Å². The highest BCUT2D eigenvalue weighted by atomic mass is 32.2. The van der Waals surface area contributed by atoms with Crippen LogP contribution >= 0.6 is 11.8 Å². The molecule has 0 saturated carbocycles. The highest BCUT2D eigenvalue weighted by Gasteiger charge is 2.20. The van der Waals surface area contributed by atoms with E-state index in [2.05, 4.69) is 56.4 Å². The van der Waals surface area contributed by atoms with Gasteiger partial charge in [-0.15, -0.1) is 0 Å². The van der Waals surface area contributed by atoms with Crippen molar-refractivity contribution in [3.63, 3.8) is 0 Å². The molecule has 2 saturated heterocycles. The number of nitrogens with zero attached hydrogens (tertiary/aromatic N) is 5. The number of nitrogens with one attached hydrogen (secondary N) is 1. The Morgan fingerprint density at radius 2 is 1.83 bits per heavy atom. The topological polar surface area (TPSA) is 60.1 Å². The van der Waals surface area contributed by atoms with Crippen molar-refractivity contribution in [3.05, 3.63) is 47.9 Å². The van der Waals surface area contributed by atoms with E-state index in [1.807, 2.05) is 17.8 Å². The molecule has 162 valence electrons. The summed E-state index contributed by atoms with van der Waals surface area (Å²) in [4.78, 5) is 12.2. The maximum Gasteiger partial charge on any atom is 0.194 e. The summed E-state index contributed by atoms with van der Waals surface area (Å²) in [6, 6.07) is 10.9. The van der Waals surface area contributed by atoms with Crippen LogP contribution in [0.15, 0.2) is 46.1 Å². The van der Waals surface area contributed by atoms with E-state index in [9.17, 15) is 0 Å². The highest BCUT2D eigenvalue weighted by molar-refractivity contribution is 7.99. The lowest BCUT2D eigenvalue weighted by molar-refractivity contribution is 0.169. The first-order valence-corrected chi connectivity index (χ1v) is 12.0. The summed E-state index contributed by atoms with van der Waals surface area (Å²) in [6.45, 7) is 10.8. The summed E-state index contributed by atoms with van der Waals surface area (Å²) in [7, 11) is 0. The molecule has 0 bridgehead atoms. The molecule has 1 N–H and O–H groups in total. The van der Waals surface area contributed by atoms with Gasteiger partial charge < -0.3 is 19.6 Å². The summed E-state index contributed by atoms with van der Waals surface area (Å²) in [5.41, 5.74) is 3.58. The molecule has 2 aliphatic heterocycles. The number of thioether (sulfide) groups is 1. The maximum absolute atomic E-state index is 4.94. The van der Waals surface area contributed by atoms with Crippen LogP contribution in [-0.4, -0.2) is 78.2 Å². The van der Waals surface area contributed by atoms with E-state index in [4.69, 9.17) is 9.52 Å². The van der Waals surface area contributed by atoms with Gasteiger partial charge in [0, 0.05) is 75.6 Å². The third kappa shape index (κ3) is 5.70. The lowest BCUT2D eigenvalue weighted by Gasteiger charge is -2.36. The molecule has 8 heteroatoms. The number of guanidine groups is 1. The number of rotatable bonds is 6. The fourth-order valence-electron chi connectivity index (χ4n) is 3.89. The van der Waals surface area contributed by atoms with E-state index < -0.39 is 0 Å². The van der Waals surface area contributed by atoms with E-state index in [1.54, 1.807) is 6.26 Å². The third-order valence-electron chi connectivity index (χ3n) is 5.61. The van der Waals surface area contributed by atoms with Crippen LogP contribution in [0.25, 0.3) is 0 Å². The van der Waals surface area contributed by atoms with Gasteiger partial charge in [0.05, 0.1) is 12.2 Å². The second-order valence-electron chi connectivity index (χ2n) is 7.69. The van der Waals surface area contributed by atoms with Crippen LogP contribution in [0.5, 0.6) is 0 Å². The molecule has 1 aromatic heterocycles. The molecule has 1 aromatic carbocycles. The Morgan fingerprint density at radius 1 is 1.07 bits per heavy atom. The second-order valence-corrected chi connectivity index (χ2v) is 8.91. The van der Waals surface area contributed by atoms with E-state index in [1.165, 1.54) is 22.8 Å². The minimum absolute atomic E-state index is 0.706. The Kier molecular flexibility index (Phi) is 7.53. The first-order chi connectivity index (χ1) is 14.8. The van der Waals surface area contributed by atoms with Crippen LogP contribution in [0.2, 0.25) is 0 Å². The maximum atomic E-state index is 4.94. The molecule has 3 heterocycles. The first-order valence-electron chi connectivity index (χ1n) is 10.9. The van der Waals surface area contributed by atoms with Gasteiger partial charge >= 0.3 is 0 Å². The third-order valence-corrected chi connectivity index (χ3v) is 6.55. The average molecular weight is 429 g/mol. The van der Waals surface area contributed by atoms with E-state index in [0.717, 1.165) is 64.0 Å². The van der Waals surface area contributed by atoms with Crippen molar-refractivity contribution >= 4 is 23.4 Å². The Morgan fingerprint density at radius 3 is 2.50 bits per heavy atom. The van der Waals surface area contributed by atoms with Crippen molar-refractivity contribution < 1.29 is 4.52 Å². The molecule has 0 aliphatic carbocycles. The lowest BCUT2D eigenvalue weighted by atomic mass is 10.2. The van der Waals surface area contributed by atoms with Crippen LogP contribution in [-0.2, 0) is 13.1 Å². The quantitative estimate of drug-likeness (QED) is 0.560. The van der Waals surface area contributed by atoms with Crippen molar-refractivity contribution in [2.45, 2.75) is 20.0 Å². The Balaban J connectivity index is 1.31. The summed E-state index contributed by atoms with van der Waals surface area (Å²) < 4.78 is 4.94. The second kappa shape index (κ2) is 10.7. The number of aromatic nitrogens is 1. The number of hydrogen-bond acceptors (Lipinski definition) is 6. The Labute approximate surface area is 183 Å². The van der Waals surface area contributed by atoms with Gasteiger partial charge in [0.25, 0.3) is 0 Å². The standard InChI is InChI=1S/C22H32N6OS/c1-2-23-22(28-10-8-26(9-11-28)18-20-7-14-29-25-20)24-17-19-3-5-21(6-4-19)27-12-15-30-16-13-27/h3-7,14H,2,8-13,15-18H2,1H3,(H,23,24). The number of anilines is 1. The van der Waals surface area contributed by atoms with Gasteiger partial charge in [-0.05, 0) is 24.6 Å². The van der Waals surface area contributed by atoms with Gasteiger partial charge in [-0.3, -0.25) is 4.90 Å². The Bertz CT molecular complexity index is 780. The molecule has 0 radical (unpaired) electrons. The van der Waals surface area contributed by atoms with Crippen molar-refractivity contribution in [1.29, 1.82) is 0 Å². The van der Waals surface area contributed by atoms with Crippen LogP contribution < -0.4 is 10.2 Å². The van der Waals surface area contributed by atoms with Crippen LogP contribution in [0.4, 0.5) is 5.69 Å². The minimum atomic E-state index is 0.706. The molecule has 2 aromatic rings. The molecular formula is C22H32N6OS. The number of piperazine rings is 1. The predicted molar refractivity (Wildman–Crippen MR) is 124 cm³/mol. The number of aliphatic imine (C=N–C) groups is 1. The van der Waals surface area contributed by atoms with Gasteiger partial charge in [-0.1, -0.05) is 17.3 Å². The number of hydrogen-bond donors (Lipinski definition) is 1. The summed E-state index contributed by atoms with van der Waals surface area (Å²) >= 11 is 2.05. The van der Waals surface area contributed by atoms with Crippen LogP contribution in [0.1, 0.15) is 18.2 Å². The zero-order chi connectivity index (χ0) is 20.6. The fraction of sp³-hybridized carbons (Fsp3) is 0.545. The molecular weight excluding hydrogens is 396 g/mol. The van der Waals surface area contributed by atoms with Crippen molar-refractivity contribution in [1.82, 2.24) is 20.3 Å². The summed E-state index contributed by atoms with van der Waals surface area (Å²) in [5, 5.41) is 7.49. The Hall–Kier alpha value is -2.19. The molecule has 4 rings (SSSR count). The fourth-order valence-corrected chi connectivity index (χ4v) is 4.79. The highest BCUT2D eigenvalue weighted by Crippen LogP contribution is 2.20. The van der Waals surface area contributed by atoms with Crippen molar-refractivity contribution in [2.24, 2.45) is 4.99 Å². The molecule has 0 atom stereocenters. The first kappa shape index (κ1) is 21.1. The molecule has 2 fully saturated rings. The number of benzene rings is 1. The molecule has 0 amide bonds. The average Bonchev–Trinajstić information content (AvgIpc) is 3.31. The molecule has 30 heavy (non-hydrogen) atoms. The largest absolute Gasteiger partial charge is 0.370 e. The SMILES string of the molecule is CCNC(=NCc1ccc(N2CCSCC2)cc1)N1CCN(Cc2ccon2)CC1. The normalized spacial score (nSPS) is 18.6. The zero-order valence-corrected chi connectivity index (χ0v) is 18.6. The smallest absolute Gasteiger partial charge is 0.194 e. The van der Waals surface area contributed by atoms with Gasteiger partial charge in [0.1, 0.15) is 6.26 Å². The van der Waals surface area contributed by atoms with Gasteiger partial charge in [0.15, 0.2) is 5.96 Å². The molecule has 0 unspecified atom stereocenters. The van der Waals surface area contributed by atoms with Gasteiger partial charge in [0.2, 0.25) is 0 Å². The zero-order valence-electron chi connectivity index (χ0n) is 17.8. The van der Waals surface area contributed by atoms with E-state index in [-0.39, 0.29) is 0 Å². The molecule has 0 spiro atoms. The monoisotopic (exact) mass is 428 g/mol. The summed E-state index contributed by atoms with van der Waals surface area (Å²) in [6.07, 6.45) is 1.64. The molecule has 7 nitrogen and oxygen atoms in total. The van der Waals surface area contributed by atoms with Crippen LogP contribution in [0.3, 0.4) is 0 Å². The van der Waals surface area contributed by atoms with Gasteiger partial charge in [-0.2, -0.15) is 11.8 Å². The summed E-state index contributed by atoms with van der Waals surface area (Å²) in [5.74, 6) is 3.46. The predicted octanol–water partition coefficient (Wildman–Crippen LogP) is 2.51. The molecule has 2 aliphatic rings. The lowest BCUT2D eigenvalue weighted by Crippen LogP contribution is -2.52. The van der Waals surface area contributed by atoms with Crippen molar-refractivity contribution in [2.75, 3.05) is 62.2 Å². The van der Waals surface area contributed by atoms with E-state index >= 15 is 0 Å². The minimum Gasteiger partial charge on any atom is -0.370 e.